The summed E-state index contributed by atoms with van der Waals surface area (Å²) >= 11 is 0. The van der Waals surface area contributed by atoms with Gasteiger partial charge in [0.15, 0.2) is 0 Å². The van der Waals surface area contributed by atoms with Gasteiger partial charge >= 0.3 is 5.97 Å². The molecule has 4 nitrogen and oxygen atoms in total. The van der Waals surface area contributed by atoms with Crippen molar-refractivity contribution >= 4 is 18.4 Å². The molecule has 0 heterocycles. The van der Waals surface area contributed by atoms with Crippen molar-refractivity contribution < 1.29 is 14.3 Å². The molecule has 11 heavy (non-hydrogen) atoms. The minimum atomic E-state index is -1.31. The minimum absolute atomic E-state index is 0. The third-order valence-electron chi connectivity index (χ3n) is 1.08. The molecule has 0 fully saturated rings. The largest absolute Gasteiger partial charge is 0.480 e. The van der Waals surface area contributed by atoms with Gasteiger partial charge in [0, 0.05) is 13.0 Å². The standard InChI is InChI=1S/C5H11FN2O2.ClH/c6-3(2-7)1-4(8)5(9)10;/h3-4H,1-2,7-8H2,(H,9,10);1H/t3?,4-;/m0./s1. The Bertz CT molecular complexity index is 125. The summed E-state index contributed by atoms with van der Waals surface area (Å²) in [6.45, 7) is -0.180. The van der Waals surface area contributed by atoms with Gasteiger partial charge in [-0.3, -0.25) is 4.79 Å². The molecule has 6 heteroatoms. The number of aliphatic carboxylic acids is 1. The monoisotopic (exact) mass is 186 g/mol. The first kappa shape index (κ1) is 13.2. The number of carboxylic acid groups (broad SMARTS) is 1. The van der Waals surface area contributed by atoms with Gasteiger partial charge in [-0.15, -0.1) is 12.4 Å². The molecule has 0 aromatic heterocycles. The number of hydrogen-bond acceptors (Lipinski definition) is 3. The molecule has 0 saturated heterocycles. The third-order valence-corrected chi connectivity index (χ3v) is 1.08. The quantitative estimate of drug-likeness (QED) is 0.553. The molecule has 0 rings (SSSR count). The fourth-order valence-electron chi connectivity index (χ4n) is 0.473. The zero-order valence-electron chi connectivity index (χ0n) is 5.87. The first-order valence-corrected chi connectivity index (χ1v) is 2.90. The van der Waals surface area contributed by atoms with Gasteiger partial charge in [0.2, 0.25) is 0 Å². The summed E-state index contributed by atoms with van der Waals surface area (Å²) in [6, 6.07) is -1.14. The molecular formula is C5H12ClFN2O2. The first-order valence-electron chi connectivity index (χ1n) is 2.90. The second kappa shape index (κ2) is 6.33. The molecule has 0 aliphatic carbocycles. The fraction of sp³-hybridized carbons (Fsp3) is 0.800. The van der Waals surface area contributed by atoms with Crippen LogP contribution in [0.25, 0.3) is 0 Å². The zero-order valence-corrected chi connectivity index (χ0v) is 6.68. The molecule has 0 spiro atoms. The van der Waals surface area contributed by atoms with Crippen LogP contribution in [-0.2, 0) is 4.79 Å². The smallest absolute Gasteiger partial charge is 0.320 e. The first-order chi connectivity index (χ1) is 4.57. The topological polar surface area (TPSA) is 89.3 Å². The van der Waals surface area contributed by atoms with Gasteiger partial charge in [0.25, 0.3) is 0 Å². The number of alkyl halides is 1. The molecule has 5 N–H and O–H groups in total. The summed E-state index contributed by atoms with van der Waals surface area (Å²) in [5.41, 5.74) is 9.89. The van der Waals surface area contributed by atoms with Crippen molar-refractivity contribution in [2.24, 2.45) is 11.5 Å². The van der Waals surface area contributed by atoms with Crippen LogP contribution < -0.4 is 11.5 Å². The van der Waals surface area contributed by atoms with Gasteiger partial charge in [-0.1, -0.05) is 0 Å². The number of nitrogens with two attached hydrogens (primary N) is 2. The van der Waals surface area contributed by atoms with Gasteiger partial charge in [0.05, 0.1) is 0 Å². The summed E-state index contributed by atoms with van der Waals surface area (Å²) in [6.07, 6.45) is -1.53. The zero-order chi connectivity index (χ0) is 8.15. The predicted molar refractivity (Wildman–Crippen MR) is 41.4 cm³/mol. The lowest BCUT2D eigenvalue weighted by Crippen LogP contribution is -2.34. The Kier molecular flexibility index (Phi) is 7.60. The summed E-state index contributed by atoms with van der Waals surface area (Å²) in [5.74, 6) is -1.20. The number of carbonyl (C=O) groups is 1. The fourth-order valence-corrected chi connectivity index (χ4v) is 0.473. The molecule has 0 radical (unpaired) electrons. The van der Waals surface area contributed by atoms with E-state index in [4.69, 9.17) is 16.6 Å². The summed E-state index contributed by atoms with van der Waals surface area (Å²) in [7, 11) is 0. The van der Waals surface area contributed by atoms with Crippen LogP contribution >= 0.6 is 12.4 Å². The molecule has 0 aliphatic rings. The van der Waals surface area contributed by atoms with E-state index >= 15 is 0 Å². The number of rotatable bonds is 4. The Labute approximate surface area is 70.2 Å². The lowest BCUT2D eigenvalue weighted by molar-refractivity contribution is -0.139. The van der Waals surface area contributed by atoms with Crippen molar-refractivity contribution in [3.8, 4) is 0 Å². The molecule has 0 aromatic carbocycles. The van der Waals surface area contributed by atoms with Crippen LogP contribution in [-0.4, -0.2) is 29.8 Å². The van der Waals surface area contributed by atoms with Crippen LogP contribution in [0.2, 0.25) is 0 Å². The summed E-state index contributed by atoms with van der Waals surface area (Å²) in [5, 5.41) is 8.19. The molecule has 2 atom stereocenters. The van der Waals surface area contributed by atoms with Gasteiger partial charge in [-0.25, -0.2) is 4.39 Å². The lowest BCUT2D eigenvalue weighted by atomic mass is 10.1. The van der Waals surface area contributed by atoms with Crippen LogP contribution in [0.5, 0.6) is 0 Å². The van der Waals surface area contributed by atoms with E-state index < -0.39 is 18.2 Å². The van der Waals surface area contributed by atoms with E-state index in [9.17, 15) is 9.18 Å². The molecule has 1 unspecified atom stereocenters. The maximum absolute atomic E-state index is 12.3. The van der Waals surface area contributed by atoms with Crippen molar-refractivity contribution in [1.29, 1.82) is 0 Å². The van der Waals surface area contributed by atoms with E-state index in [0.29, 0.717) is 0 Å². The van der Waals surface area contributed by atoms with E-state index in [-0.39, 0.29) is 25.4 Å². The Hall–Kier alpha value is -0.390. The molecular weight excluding hydrogens is 175 g/mol. The number of hydrogen-bond donors (Lipinski definition) is 3. The van der Waals surface area contributed by atoms with Crippen molar-refractivity contribution in [3.05, 3.63) is 0 Å². The highest BCUT2D eigenvalue weighted by Crippen LogP contribution is 1.98. The Balaban J connectivity index is 0. The van der Waals surface area contributed by atoms with Gasteiger partial charge in [-0.2, -0.15) is 0 Å². The third kappa shape index (κ3) is 6.03. The highest BCUT2D eigenvalue weighted by Gasteiger charge is 2.16. The van der Waals surface area contributed by atoms with Crippen molar-refractivity contribution in [1.82, 2.24) is 0 Å². The molecule has 0 amide bonds. The Morgan fingerprint density at radius 3 is 2.36 bits per heavy atom. The minimum Gasteiger partial charge on any atom is -0.480 e. The normalized spacial score (nSPS) is 14.8. The van der Waals surface area contributed by atoms with Crippen molar-refractivity contribution in [2.45, 2.75) is 18.6 Å². The van der Waals surface area contributed by atoms with Crippen LogP contribution in [0.4, 0.5) is 4.39 Å². The molecule has 0 bridgehead atoms. The van der Waals surface area contributed by atoms with E-state index in [1.54, 1.807) is 0 Å². The second-order valence-electron chi connectivity index (χ2n) is 2.01. The SMILES string of the molecule is Cl.NCC(F)C[C@H](N)C(=O)O. The molecule has 0 saturated carbocycles. The maximum Gasteiger partial charge on any atom is 0.320 e. The summed E-state index contributed by atoms with van der Waals surface area (Å²) in [4.78, 5) is 10.0. The highest BCUT2D eigenvalue weighted by atomic mass is 35.5. The lowest BCUT2D eigenvalue weighted by Gasteiger charge is -2.07. The van der Waals surface area contributed by atoms with Crippen LogP contribution in [0.15, 0.2) is 0 Å². The van der Waals surface area contributed by atoms with E-state index in [1.165, 1.54) is 0 Å². The maximum atomic E-state index is 12.3. The average Bonchev–Trinajstić information content (AvgIpc) is 1.87. The second-order valence-corrected chi connectivity index (χ2v) is 2.01. The number of halogens is 2. The molecule has 68 valence electrons. The van der Waals surface area contributed by atoms with Crippen LogP contribution in [0, 0.1) is 0 Å². The van der Waals surface area contributed by atoms with Crippen LogP contribution in [0.3, 0.4) is 0 Å². The van der Waals surface area contributed by atoms with Gasteiger partial charge in [-0.05, 0) is 0 Å². The predicted octanol–water partition coefficient (Wildman–Crippen LogP) is -0.493. The number of carboxylic acids is 1. The molecule has 0 aliphatic heterocycles. The van der Waals surface area contributed by atoms with Crippen molar-refractivity contribution in [3.63, 3.8) is 0 Å². The van der Waals surface area contributed by atoms with Gasteiger partial charge < -0.3 is 16.6 Å². The molecule has 0 aromatic rings. The van der Waals surface area contributed by atoms with Gasteiger partial charge in [0.1, 0.15) is 12.2 Å². The van der Waals surface area contributed by atoms with E-state index in [2.05, 4.69) is 0 Å². The Morgan fingerprint density at radius 2 is 2.09 bits per heavy atom. The van der Waals surface area contributed by atoms with Crippen molar-refractivity contribution in [2.75, 3.05) is 6.54 Å². The van der Waals surface area contributed by atoms with Crippen LogP contribution in [0.1, 0.15) is 6.42 Å². The van der Waals surface area contributed by atoms with E-state index in [1.807, 2.05) is 0 Å². The average molecular weight is 187 g/mol. The van der Waals surface area contributed by atoms with E-state index in [0.717, 1.165) is 0 Å². The Morgan fingerprint density at radius 1 is 1.64 bits per heavy atom. The summed E-state index contributed by atoms with van der Waals surface area (Å²) < 4.78 is 12.3. The highest BCUT2D eigenvalue weighted by molar-refractivity contribution is 5.85.